The molecule has 0 saturated heterocycles. The smallest absolute Gasteiger partial charge is 0.0714 e. The summed E-state index contributed by atoms with van der Waals surface area (Å²) in [5, 5.41) is 3.72. The Morgan fingerprint density at radius 1 is 0.549 bits per heavy atom. The van der Waals surface area contributed by atoms with Crippen LogP contribution in [-0.2, 0) is 20.1 Å². The summed E-state index contributed by atoms with van der Waals surface area (Å²) >= 11 is 0. The summed E-state index contributed by atoms with van der Waals surface area (Å²) in [6.45, 7) is 11.1. The van der Waals surface area contributed by atoms with Crippen LogP contribution in [0, 0.1) is 32.9 Å². The van der Waals surface area contributed by atoms with Crippen molar-refractivity contribution in [2.24, 2.45) is 0 Å². The van der Waals surface area contributed by atoms with Gasteiger partial charge >= 0.3 is 0 Å². The summed E-state index contributed by atoms with van der Waals surface area (Å²) < 4.78 is 0. The Kier molecular flexibility index (Phi) is 11.0. The fourth-order valence-corrected chi connectivity index (χ4v) is 6.69. The van der Waals surface area contributed by atoms with Crippen LogP contribution in [0.5, 0.6) is 0 Å². The number of hydrogen-bond acceptors (Lipinski definition) is 3. The van der Waals surface area contributed by atoms with Gasteiger partial charge in [-0.3, -0.25) is 4.98 Å². The molecule has 0 unspecified atom stereocenters. The molecular weight excluding hydrogens is 799 g/mol. The number of hydrogen-bond donors (Lipinski definition) is 0. The van der Waals surface area contributed by atoms with Crippen LogP contribution >= 0.6 is 0 Å². The Balaban J connectivity index is 0.000000291. The molecule has 0 saturated carbocycles. The third-order valence-corrected chi connectivity index (χ3v) is 9.31. The van der Waals surface area contributed by atoms with E-state index in [-0.39, 0.29) is 20.1 Å². The minimum Gasteiger partial charge on any atom is -0.305 e. The summed E-state index contributed by atoms with van der Waals surface area (Å²) in [7, 11) is 0. The first-order valence-electron chi connectivity index (χ1n) is 17.1. The van der Waals surface area contributed by atoms with Gasteiger partial charge in [-0.25, -0.2) is 0 Å². The van der Waals surface area contributed by atoms with Crippen molar-refractivity contribution in [3.8, 4) is 44.8 Å². The van der Waals surface area contributed by atoms with Crippen LogP contribution in [0.2, 0.25) is 0 Å². The number of aryl methyl sites for hydroxylation is 2. The molecule has 3 heterocycles. The van der Waals surface area contributed by atoms with Crippen molar-refractivity contribution < 1.29 is 20.1 Å². The summed E-state index contributed by atoms with van der Waals surface area (Å²) in [5.74, 6) is 0.459. The van der Waals surface area contributed by atoms with Gasteiger partial charge in [0.25, 0.3) is 0 Å². The molecule has 0 bridgehead atoms. The van der Waals surface area contributed by atoms with Crippen molar-refractivity contribution in [3.05, 3.63) is 174 Å². The molecule has 0 amide bonds. The molecule has 253 valence electrons. The minimum absolute atomic E-state index is 0. The molecule has 1 radical (unpaired) electrons. The zero-order chi connectivity index (χ0) is 34.6. The Hall–Kier alpha value is -5.28. The number of rotatable bonds is 5. The average molecular weight is 838 g/mol. The second kappa shape index (κ2) is 15.7. The number of pyridine rings is 3. The average Bonchev–Trinajstić information content (AvgIpc) is 3.15. The zero-order valence-corrected chi connectivity index (χ0v) is 31.9. The summed E-state index contributed by atoms with van der Waals surface area (Å²) in [5.41, 5.74) is 15.0. The van der Waals surface area contributed by atoms with E-state index in [9.17, 15) is 0 Å². The van der Waals surface area contributed by atoms with Gasteiger partial charge in [-0.1, -0.05) is 74.0 Å². The Bertz CT molecular complexity index is 2400. The van der Waals surface area contributed by atoms with Gasteiger partial charge < -0.3 is 9.97 Å². The number of aromatic nitrogens is 3. The summed E-state index contributed by atoms with van der Waals surface area (Å²) in [6.07, 6.45) is 5.54. The maximum absolute atomic E-state index is 4.74. The second-order valence-corrected chi connectivity index (χ2v) is 13.1. The molecule has 3 nitrogen and oxygen atoms in total. The molecule has 51 heavy (non-hydrogen) atoms. The molecule has 0 spiro atoms. The van der Waals surface area contributed by atoms with Crippen LogP contribution in [0.4, 0.5) is 0 Å². The van der Waals surface area contributed by atoms with Gasteiger partial charge in [0.2, 0.25) is 0 Å². The van der Waals surface area contributed by atoms with E-state index in [0.717, 1.165) is 28.0 Å². The molecule has 0 aliphatic rings. The molecule has 8 aromatic rings. The van der Waals surface area contributed by atoms with E-state index in [1.165, 1.54) is 60.7 Å². The van der Waals surface area contributed by atoms with Crippen molar-refractivity contribution >= 4 is 21.7 Å². The van der Waals surface area contributed by atoms with Gasteiger partial charge in [-0.05, 0) is 106 Å². The fraction of sp³-hybridized carbons (Fsp3) is 0.128. The van der Waals surface area contributed by atoms with E-state index >= 15 is 0 Å². The second-order valence-electron chi connectivity index (χ2n) is 13.1. The van der Waals surface area contributed by atoms with Gasteiger partial charge in [-0.2, -0.15) is 0 Å². The maximum atomic E-state index is 4.74. The van der Waals surface area contributed by atoms with Gasteiger partial charge in [0.05, 0.1) is 5.52 Å². The molecule has 5 aromatic carbocycles. The van der Waals surface area contributed by atoms with Crippen LogP contribution in [0.25, 0.3) is 66.4 Å². The molecule has 3 aromatic heterocycles. The van der Waals surface area contributed by atoms with Crippen LogP contribution in [0.15, 0.2) is 140 Å². The standard InChI is InChI=1S/C36H31N2.C11H8N.Ir/c1-22(2)26-12-14-30-31-10-7-16-37-35(31)21-33(32(30)20-26)29-13-11-24(4)36(25(29)5)28-9-6-8-27(19-28)34-18-23(3)15-17-38-34;1-2-6-10(7-3-1)11-8-4-5-9-12-11;/h6-7,9-22H,1-5H3;1-6,8-9H;/q2*-1;. The zero-order valence-electron chi connectivity index (χ0n) is 29.5. The Labute approximate surface area is 314 Å². The summed E-state index contributed by atoms with van der Waals surface area (Å²) in [4.78, 5) is 13.6. The number of nitrogens with zero attached hydrogens (tertiary/aromatic N) is 3. The molecule has 4 heteroatoms. The van der Waals surface area contributed by atoms with Gasteiger partial charge in [-0.15, -0.1) is 71.3 Å². The normalized spacial score (nSPS) is 10.9. The Morgan fingerprint density at radius 3 is 2.12 bits per heavy atom. The minimum atomic E-state index is 0. The van der Waals surface area contributed by atoms with E-state index < -0.39 is 0 Å². The third-order valence-electron chi connectivity index (χ3n) is 9.31. The first-order valence-corrected chi connectivity index (χ1v) is 17.1. The van der Waals surface area contributed by atoms with Crippen molar-refractivity contribution in [3.63, 3.8) is 0 Å². The van der Waals surface area contributed by atoms with Crippen LogP contribution in [0.1, 0.15) is 42.0 Å². The third kappa shape index (κ3) is 7.59. The fourth-order valence-electron chi connectivity index (χ4n) is 6.69. The van der Waals surface area contributed by atoms with Gasteiger partial charge in [0, 0.05) is 44.1 Å². The molecule has 0 atom stereocenters. The maximum Gasteiger partial charge on any atom is 0.0714 e. The summed E-state index contributed by atoms with van der Waals surface area (Å²) in [6, 6.07) is 48.7. The molecule has 0 aliphatic heterocycles. The van der Waals surface area contributed by atoms with E-state index in [1.54, 1.807) is 6.20 Å². The molecule has 0 fully saturated rings. The van der Waals surface area contributed by atoms with Crippen LogP contribution in [0.3, 0.4) is 0 Å². The number of fused-ring (bicyclic) bond motifs is 3. The van der Waals surface area contributed by atoms with Crippen molar-refractivity contribution in [1.82, 2.24) is 15.0 Å². The van der Waals surface area contributed by atoms with Crippen molar-refractivity contribution in [2.75, 3.05) is 0 Å². The number of benzene rings is 5. The monoisotopic (exact) mass is 838 g/mol. The van der Waals surface area contributed by atoms with Crippen LogP contribution < -0.4 is 0 Å². The SMILES string of the molecule is Cc1ccnc(-c2[c-]ccc(-c3c(C)ccc(-c4cc5ncccc5c5ccc(C(C)C)cc45)c3C)c2)c1.[Ir].[c-]1ccccc1-c1ccccn1. The quantitative estimate of drug-likeness (QED) is 0.128. The van der Waals surface area contributed by atoms with Gasteiger partial charge in [0.1, 0.15) is 0 Å². The largest absolute Gasteiger partial charge is 0.305 e. The van der Waals surface area contributed by atoms with Crippen molar-refractivity contribution in [1.29, 1.82) is 0 Å². The molecular formula is C47H39IrN3-2. The molecule has 0 N–H and O–H groups in total. The first-order chi connectivity index (χ1) is 24.4. The van der Waals surface area contributed by atoms with E-state index in [0.29, 0.717) is 5.92 Å². The predicted octanol–water partition coefficient (Wildman–Crippen LogP) is 12.2. The molecule has 0 aliphatic carbocycles. The topological polar surface area (TPSA) is 38.7 Å². The van der Waals surface area contributed by atoms with E-state index in [1.807, 2.05) is 73.1 Å². The van der Waals surface area contributed by atoms with Crippen LogP contribution in [-0.4, -0.2) is 15.0 Å². The predicted molar refractivity (Wildman–Crippen MR) is 209 cm³/mol. The first kappa shape index (κ1) is 35.5. The van der Waals surface area contributed by atoms with Gasteiger partial charge in [0.15, 0.2) is 0 Å². The molecule has 8 rings (SSSR count). The Morgan fingerprint density at radius 2 is 1.35 bits per heavy atom. The van der Waals surface area contributed by atoms with E-state index in [2.05, 4.69) is 117 Å². The van der Waals surface area contributed by atoms with Crippen molar-refractivity contribution in [2.45, 2.75) is 40.5 Å². The van der Waals surface area contributed by atoms with E-state index in [4.69, 9.17) is 4.98 Å².